The van der Waals surface area contributed by atoms with Gasteiger partial charge in [0, 0.05) is 53.2 Å². The van der Waals surface area contributed by atoms with Crippen molar-refractivity contribution in [1.29, 1.82) is 0 Å². The lowest BCUT2D eigenvalue weighted by Gasteiger charge is -2.30. The number of benzene rings is 2. The first-order valence-corrected chi connectivity index (χ1v) is 13.4. The monoisotopic (exact) mass is 539 g/mol. The number of carbonyl (C=O) groups excluding carboxylic acids is 2. The van der Waals surface area contributed by atoms with E-state index in [0.717, 1.165) is 46.7 Å². The van der Waals surface area contributed by atoms with Crippen LogP contribution in [0.2, 0.25) is 10.0 Å². The Balaban J connectivity index is 1.67. The topological polar surface area (TPSA) is 70.5 Å². The van der Waals surface area contributed by atoms with E-state index in [-0.39, 0.29) is 24.3 Å². The van der Waals surface area contributed by atoms with Crippen molar-refractivity contribution in [2.45, 2.75) is 46.2 Å². The Labute approximate surface area is 227 Å². The zero-order valence-corrected chi connectivity index (χ0v) is 23.0. The molecule has 37 heavy (non-hydrogen) atoms. The average Bonchev–Trinajstić information content (AvgIpc) is 3.35. The number of hydrogen-bond donors (Lipinski definition) is 1. The zero-order valence-electron chi connectivity index (χ0n) is 21.5. The highest BCUT2D eigenvalue weighted by molar-refractivity contribution is 6.31. The quantitative estimate of drug-likeness (QED) is 0.488. The van der Waals surface area contributed by atoms with Crippen molar-refractivity contribution < 1.29 is 9.59 Å². The molecule has 2 aliphatic heterocycles. The first-order valence-electron chi connectivity index (χ1n) is 12.6. The number of nitrogens with one attached hydrogen (secondary N) is 1. The Morgan fingerprint density at radius 1 is 1.05 bits per heavy atom. The molecule has 194 valence electrons. The van der Waals surface area contributed by atoms with Gasteiger partial charge in [-0.2, -0.15) is 5.10 Å². The summed E-state index contributed by atoms with van der Waals surface area (Å²) < 4.78 is 1.75. The standard InChI is InChI=1S/C28H31Cl2N5O2/c1-16(2)26-24-25(32-34(26)15-23(36)33-11-9-31-10-12-33)28(37)35(22-14-20(30)6-5-17(22)3)27(24)21-8-7-19(29)13-18(21)4/h5-8,13-14,16,27,31H,9-12,15H2,1-4H3. The molecule has 1 aromatic heterocycles. The molecule has 1 N–H and O–H groups in total. The Kier molecular flexibility index (Phi) is 7.05. The molecule has 2 aliphatic rings. The maximum Gasteiger partial charge on any atom is 0.280 e. The number of piperazine rings is 1. The highest BCUT2D eigenvalue weighted by Gasteiger charge is 2.45. The van der Waals surface area contributed by atoms with Gasteiger partial charge in [-0.15, -0.1) is 0 Å². The number of carbonyl (C=O) groups is 2. The number of nitrogens with zero attached hydrogens (tertiary/aromatic N) is 4. The van der Waals surface area contributed by atoms with Crippen molar-refractivity contribution in [3.8, 4) is 0 Å². The van der Waals surface area contributed by atoms with E-state index >= 15 is 0 Å². The lowest BCUT2D eigenvalue weighted by molar-refractivity contribution is -0.132. The van der Waals surface area contributed by atoms with Crippen LogP contribution in [0.3, 0.4) is 0 Å². The van der Waals surface area contributed by atoms with E-state index in [2.05, 4.69) is 19.2 Å². The van der Waals surface area contributed by atoms with Crippen LogP contribution >= 0.6 is 23.2 Å². The summed E-state index contributed by atoms with van der Waals surface area (Å²) in [5.41, 5.74) is 5.75. The van der Waals surface area contributed by atoms with Crippen LogP contribution in [-0.2, 0) is 11.3 Å². The number of halogens is 2. The first kappa shape index (κ1) is 25.8. The minimum Gasteiger partial charge on any atom is -0.339 e. The van der Waals surface area contributed by atoms with Crippen LogP contribution in [0, 0.1) is 13.8 Å². The van der Waals surface area contributed by atoms with E-state index in [4.69, 9.17) is 28.3 Å². The van der Waals surface area contributed by atoms with Crippen LogP contribution in [0.4, 0.5) is 5.69 Å². The predicted molar refractivity (Wildman–Crippen MR) is 147 cm³/mol. The van der Waals surface area contributed by atoms with Gasteiger partial charge in [0.15, 0.2) is 5.69 Å². The van der Waals surface area contributed by atoms with Crippen molar-refractivity contribution in [2.75, 3.05) is 31.1 Å². The number of aromatic nitrogens is 2. The molecule has 0 spiro atoms. The van der Waals surface area contributed by atoms with Crippen LogP contribution in [0.25, 0.3) is 0 Å². The molecular weight excluding hydrogens is 509 g/mol. The van der Waals surface area contributed by atoms with Crippen LogP contribution in [0.1, 0.15) is 64.2 Å². The molecule has 2 amide bonds. The minimum atomic E-state index is -0.419. The van der Waals surface area contributed by atoms with Gasteiger partial charge >= 0.3 is 0 Å². The Morgan fingerprint density at radius 2 is 1.73 bits per heavy atom. The van der Waals surface area contributed by atoms with Gasteiger partial charge in [-0.1, -0.05) is 49.2 Å². The van der Waals surface area contributed by atoms with Gasteiger partial charge in [-0.05, 0) is 60.7 Å². The Bertz CT molecular complexity index is 1380. The molecule has 0 bridgehead atoms. The van der Waals surface area contributed by atoms with Crippen molar-refractivity contribution >= 4 is 40.7 Å². The van der Waals surface area contributed by atoms with E-state index in [1.54, 1.807) is 9.58 Å². The van der Waals surface area contributed by atoms with E-state index in [1.165, 1.54) is 0 Å². The summed E-state index contributed by atoms with van der Waals surface area (Å²) in [4.78, 5) is 30.9. The maximum absolute atomic E-state index is 14.1. The van der Waals surface area contributed by atoms with Crippen molar-refractivity contribution in [1.82, 2.24) is 20.0 Å². The van der Waals surface area contributed by atoms with Crippen LogP contribution in [0.5, 0.6) is 0 Å². The highest BCUT2D eigenvalue weighted by atomic mass is 35.5. The molecule has 7 nitrogen and oxygen atoms in total. The molecule has 1 atom stereocenters. The first-order chi connectivity index (χ1) is 17.7. The van der Waals surface area contributed by atoms with E-state index in [0.29, 0.717) is 28.8 Å². The predicted octanol–water partition coefficient (Wildman–Crippen LogP) is 5.11. The lowest BCUT2D eigenvalue weighted by atomic mass is 9.91. The Morgan fingerprint density at radius 3 is 2.41 bits per heavy atom. The van der Waals surface area contributed by atoms with Gasteiger partial charge in [0.05, 0.1) is 6.04 Å². The van der Waals surface area contributed by atoms with Gasteiger partial charge < -0.3 is 10.2 Å². The molecule has 0 saturated carbocycles. The van der Waals surface area contributed by atoms with Gasteiger partial charge in [-0.3, -0.25) is 19.2 Å². The fraction of sp³-hybridized carbons (Fsp3) is 0.393. The summed E-state index contributed by atoms with van der Waals surface area (Å²) in [6.45, 7) is 11.1. The number of aryl methyl sites for hydroxylation is 2. The van der Waals surface area contributed by atoms with Crippen LogP contribution in [0.15, 0.2) is 36.4 Å². The third-order valence-electron chi connectivity index (χ3n) is 7.24. The minimum absolute atomic E-state index is 0.0128. The molecule has 0 radical (unpaired) electrons. The van der Waals surface area contributed by atoms with E-state index in [1.807, 2.05) is 55.1 Å². The fourth-order valence-electron chi connectivity index (χ4n) is 5.48. The van der Waals surface area contributed by atoms with E-state index < -0.39 is 6.04 Å². The van der Waals surface area contributed by atoms with Gasteiger partial charge in [-0.25, -0.2) is 0 Å². The zero-order chi connectivity index (χ0) is 26.4. The second-order valence-electron chi connectivity index (χ2n) is 10.1. The summed E-state index contributed by atoms with van der Waals surface area (Å²) in [6.07, 6.45) is 0. The number of anilines is 1. The molecule has 1 saturated heterocycles. The second-order valence-corrected chi connectivity index (χ2v) is 11.0. The normalized spacial score (nSPS) is 17.6. The number of hydrogen-bond acceptors (Lipinski definition) is 4. The van der Waals surface area contributed by atoms with E-state index in [9.17, 15) is 9.59 Å². The fourth-order valence-corrected chi connectivity index (χ4v) is 5.87. The summed E-state index contributed by atoms with van der Waals surface area (Å²) in [5.74, 6) is -0.149. The summed E-state index contributed by atoms with van der Waals surface area (Å²) in [6, 6.07) is 10.9. The lowest BCUT2D eigenvalue weighted by Crippen LogP contribution is -2.47. The summed E-state index contributed by atoms with van der Waals surface area (Å²) in [5, 5.41) is 9.25. The smallest absolute Gasteiger partial charge is 0.280 e. The van der Waals surface area contributed by atoms with Crippen molar-refractivity contribution in [3.63, 3.8) is 0 Å². The second kappa shape index (κ2) is 10.1. The number of rotatable bonds is 5. The molecule has 0 aliphatic carbocycles. The Hall–Kier alpha value is -2.87. The van der Waals surface area contributed by atoms with Gasteiger partial charge in [0.2, 0.25) is 5.91 Å². The summed E-state index contributed by atoms with van der Waals surface area (Å²) in [7, 11) is 0. The molecule has 2 aromatic carbocycles. The van der Waals surface area contributed by atoms with Crippen molar-refractivity contribution in [3.05, 3.63) is 80.1 Å². The molecule has 9 heteroatoms. The summed E-state index contributed by atoms with van der Waals surface area (Å²) >= 11 is 12.7. The molecule has 1 unspecified atom stereocenters. The molecule has 1 fully saturated rings. The van der Waals surface area contributed by atoms with Crippen molar-refractivity contribution in [2.24, 2.45) is 0 Å². The number of amides is 2. The van der Waals surface area contributed by atoms with Crippen LogP contribution < -0.4 is 10.2 Å². The van der Waals surface area contributed by atoms with Gasteiger partial charge in [0.25, 0.3) is 5.91 Å². The highest BCUT2D eigenvalue weighted by Crippen LogP contribution is 2.47. The largest absolute Gasteiger partial charge is 0.339 e. The molecule has 3 heterocycles. The van der Waals surface area contributed by atoms with Gasteiger partial charge in [0.1, 0.15) is 6.54 Å². The third-order valence-corrected chi connectivity index (χ3v) is 7.71. The molecule has 5 rings (SSSR count). The maximum atomic E-state index is 14.1. The average molecular weight is 540 g/mol. The van der Waals surface area contributed by atoms with Crippen LogP contribution in [-0.4, -0.2) is 52.7 Å². The third kappa shape index (κ3) is 4.65. The SMILES string of the molecule is Cc1cc(Cl)ccc1C1c2c(nn(CC(=O)N3CCNCC3)c2C(C)C)C(=O)N1c1cc(Cl)ccc1C. The number of fused-ring (bicyclic) bond motifs is 1. The molecular formula is C28H31Cl2N5O2. The molecule has 3 aromatic rings.